The maximum absolute atomic E-state index is 9.83. The van der Waals surface area contributed by atoms with E-state index in [0.717, 1.165) is 6.21 Å². The van der Waals surface area contributed by atoms with Crippen molar-refractivity contribution in [1.29, 1.82) is 0 Å². The van der Waals surface area contributed by atoms with Gasteiger partial charge < -0.3 is 0 Å². The van der Waals surface area contributed by atoms with Crippen LogP contribution in [0.2, 0.25) is 0 Å². The predicted octanol–water partition coefficient (Wildman–Crippen LogP) is 0.386. The van der Waals surface area contributed by atoms with Gasteiger partial charge in [0.25, 0.3) is 0 Å². The van der Waals surface area contributed by atoms with Crippen molar-refractivity contribution in [3.63, 3.8) is 0 Å². The highest BCUT2D eigenvalue weighted by molar-refractivity contribution is 6.27. The fraction of sp³-hybridized carbons (Fsp3) is 0. The summed E-state index contributed by atoms with van der Waals surface area (Å²) >= 11 is 0. The quantitative estimate of drug-likeness (QED) is 0.455. The minimum absolute atomic E-state index is 0. The summed E-state index contributed by atoms with van der Waals surface area (Å²) in [6.45, 7) is 0. The predicted molar refractivity (Wildman–Crippen MR) is 25.6 cm³/mol. The van der Waals surface area contributed by atoms with Gasteiger partial charge in [0, 0.05) is 0 Å². The van der Waals surface area contributed by atoms with Crippen LogP contribution < -0.4 is 0 Å². The van der Waals surface area contributed by atoms with Crippen molar-refractivity contribution in [1.82, 2.24) is 0 Å². The number of amides is 1. The van der Waals surface area contributed by atoms with Gasteiger partial charge in [-0.3, -0.25) is 4.79 Å². The normalized spacial score (nSPS) is 14.6. The van der Waals surface area contributed by atoms with Crippen LogP contribution in [0.1, 0.15) is 0 Å². The molecule has 0 saturated carbocycles. The van der Waals surface area contributed by atoms with Crippen LogP contribution in [0.15, 0.2) is 15.4 Å². The van der Waals surface area contributed by atoms with Crippen molar-refractivity contribution in [2.45, 2.75) is 0 Å². The van der Waals surface area contributed by atoms with E-state index in [4.69, 9.17) is 0 Å². The molecular formula is C2H2ClN3O. The summed E-state index contributed by atoms with van der Waals surface area (Å²) in [5.74, 6) is -0.380. The van der Waals surface area contributed by atoms with Gasteiger partial charge in [0.05, 0.1) is 0 Å². The van der Waals surface area contributed by atoms with Gasteiger partial charge in [-0.1, -0.05) is 5.11 Å². The van der Waals surface area contributed by atoms with E-state index in [1.807, 2.05) is 0 Å². The third kappa shape index (κ3) is 1.41. The van der Waals surface area contributed by atoms with E-state index in [9.17, 15) is 4.79 Å². The van der Waals surface area contributed by atoms with Crippen molar-refractivity contribution in [2.24, 2.45) is 15.4 Å². The van der Waals surface area contributed by atoms with Gasteiger partial charge in [0.15, 0.2) is 0 Å². The summed E-state index contributed by atoms with van der Waals surface area (Å²) in [5, 5.41) is 9.16. The number of halogens is 1. The van der Waals surface area contributed by atoms with E-state index in [1.165, 1.54) is 0 Å². The van der Waals surface area contributed by atoms with Gasteiger partial charge in [0.1, 0.15) is 6.21 Å². The first-order chi connectivity index (χ1) is 2.89. The van der Waals surface area contributed by atoms with Crippen LogP contribution in [0.5, 0.6) is 0 Å². The molecule has 0 N–H and O–H groups in total. The van der Waals surface area contributed by atoms with Crippen LogP contribution in [-0.2, 0) is 4.79 Å². The Kier molecular flexibility index (Phi) is 2.15. The topological polar surface area (TPSA) is 54.1 Å². The molecule has 1 amide bonds. The second-order valence-electron chi connectivity index (χ2n) is 0.772. The molecule has 0 atom stereocenters. The van der Waals surface area contributed by atoms with Crippen molar-refractivity contribution in [2.75, 3.05) is 0 Å². The SMILES string of the molecule is Cl.O=C1C=NN=N1. The molecule has 1 aliphatic rings. The Labute approximate surface area is 45.7 Å². The highest BCUT2D eigenvalue weighted by Crippen LogP contribution is 1.83. The molecular weight excluding hydrogens is 117 g/mol. The number of hydrogen-bond acceptors (Lipinski definition) is 3. The number of nitrogens with zero attached hydrogens (tertiary/aromatic N) is 3. The maximum Gasteiger partial charge on any atom is 0.310 e. The first-order valence-electron chi connectivity index (χ1n) is 1.37. The Bertz CT molecular complexity index is 115. The molecule has 0 bridgehead atoms. The van der Waals surface area contributed by atoms with Crippen LogP contribution in [0.4, 0.5) is 0 Å². The van der Waals surface area contributed by atoms with E-state index in [1.54, 1.807) is 0 Å². The molecule has 0 aromatic carbocycles. The fourth-order valence-electron chi connectivity index (χ4n) is 0.171. The zero-order chi connectivity index (χ0) is 4.41. The Morgan fingerprint density at radius 1 is 1.57 bits per heavy atom. The van der Waals surface area contributed by atoms with E-state index >= 15 is 0 Å². The Morgan fingerprint density at radius 3 is 2.43 bits per heavy atom. The second-order valence-corrected chi connectivity index (χ2v) is 0.772. The standard InChI is InChI=1S/C2HN3O.ClH/c6-2-1-3-5-4-2;/h1H;1H. The third-order valence-electron chi connectivity index (χ3n) is 0.363. The van der Waals surface area contributed by atoms with Crippen molar-refractivity contribution >= 4 is 24.5 Å². The highest BCUT2D eigenvalue weighted by atomic mass is 35.5. The van der Waals surface area contributed by atoms with Gasteiger partial charge in [-0.05, 0) is 5.22 Å². The molecule has 0 aromatic rings. The van der Waals surface area contributed by atoms with Crippen molar-refractivity contribution < 1.29 is 4.79 Å². The van der Waals surface area contributed by atoms with Crippen molar-refractivity contribution in [3.8, 4) is 0 Å². The zero-order valence-electron chi connectivity index (χ0n) is 3.24. The molecule has 7 heavy (non-hydrogen) atoms. The molecule has 0 spiro atoms. The van der Waals surface area contributed by atoms with Gasteiger partial charge in [-0.25, -0.2) is 0 Å². The van der Waals surface area contributed by atoms with Crippen LogP contribution in [0, 0.1) is 0 Å². The Balaban J connectivity index is 0.000000360. The van der Waals surface area contributed by atoms with Crippen LogP contribution in [-0.4, -0.2) is 12.1 Å². The average molecular weight is 120 g/mol. The maximum atomic E-state index is 9.83. The molecule has 1 heterocycles. The third-order valence-corrected chi connectivity index (χ3v) is 0.363. The lowest BCUT2D eigenvalue weighted by Crippen LogP contribution is -1.84. The van der Waals surface area contributed by atoms with Crippen LogP contribution in [0.3, 0.4) is 0 Å². The summed E-state index contributed by atoms with van der Waals surface area (Å²) in [4.78, 5) is 9.83. The summed E-state index contributed by atoms with van der Waals surface area (Å²) in [6, 6.07) is 0. The molecule has 5 heteroatoms. The first kappa shape index (κ1) is 6.23. The zero-order valence-corrected chi connectivity index (χ0v) is 4.05. The number of carbonyl (C=O) groups is 1. The largest absolute Gasteiger partial charge is 0.310 e. The monoisotopic (exact) mass is 119 g/mol. The molecule has 38 valence electrons. The van der Waals surface area contributed by atoms with Crippen LogP contribution in [0.25, 0.3) is 0 Å². The lowest BCUT2D eigenvalue weighted by molar-refractivity contribution is -0.111. The molecule has 0 fully saturated rings. The molecule has 1 aliphatic heterocycles. The first-order valence-corrected chi connectivity index (χ1v) is 1.37. The summed E-state index contributed by atoms with van der Waals surface area (Å²) in [7, 11) is 0. The average Bonchev–Trinajstić information content (AvgIpc) is 1.86. The van der Waals surface area contributed by atoms with Crippen molar-refractivity contribution in [3.05, 3.63) is 0 Å². The molecule has 0 unspecified atom stereocenters. The minimum atomic E-state index is -0.380. The molecule has 1 rings (SSSR count). The van der Waals surface area contributed by atoms with Gasteiger partial charge in [-0.2, -0.15) is 0 Å². The summed E-state index contributed by atoms with van der Waals surface area (Å²) in [5.41, 5.74) is 0. The lowest BCUT2D eigenvalue weighted by Gasteiger charge is -1.55. The molecule has 0 saturated heterocycles. The van der Waals surface area contributed by atoms with E-state index in [-0.39, 0.29) is 18.3 Å². The number of carbonyl (C=O) groups excluding carboxylic acids is 1. The number of rotatable bonds is 0. The van der Waals surface area contributed by atoms with Gasteiger partial charge >= 0.3 is 5.91 Å². The highest BCUT2D eigenvalue weighted by Gasteiger charge is 1.94. The lowest BCUT2D eigenvalue weighted by atomic mass is 10.7. The smallest absolute Gasteiger partial charge is 0.264 e. The van der Waals surface area contributed by atoms with Gasteiger partial charge in [0.2, 0.25) is 0 Å². The molecule has 0 radical (unpaired) electrons. The Hall–Kier alpha value is -0.770. The molecule has 0 aromatic heterocycles. The van der Waals surface area contributed by atoms with E-state index in [0.29, 0.717) is 0 Å². The van der Waals surface area contributed by atoms with E-state index < -0.39 is 0 Å². The minimum Gasteiger partial charge on any atom is -0.264 e. The summed E-state index contributed by atoms with van der Waals surface area (Å²) in [6.07, 6.45) is 1.06. The summed E-state index contributed by atoms with van der Waals surface area (Å²) < 4.78 is 0. The fourth-order valence-corrected chi connectivity index (χ4v) is 0.171. The molecule has 0 aliphatic carbocycles. The van der Waals surface area contributed by atoms with Crippen LogP contribution >= 0.6 is 12.4 Å². The number of hydrogen-bond donors (Lipinski definition) is 0. The van der Waals surface area contributed by atoms with E-state index in [2.05, 4.69) is 15.4 Å². The second kappa shape index (κ2) is 2.41. The molecule has 4 nitrogen and oxygen atoms in total. The van der Waals surface area contributed by atoms with Gasteiger partial charge in [-0.15, -0.1) is 17.5 Å². The Morgan fingerprint density at radius 2 is 2.29 bits per heavy atom.